The van der Waals surface area contributed by atoms with Crippen LogP contribution in [0.15, 0.2) is 54.6 Å². The van der Waals surface area contributed by atoms with Crippen molar-refractivity contribution in [1.82, 2.24) is 10.3 Å². The smallest absolute Gasteiger partial charge is 0.407 e. The van der Waals surface area contributed by atoms with Crippen molar-refractivity contribution in [2.45, 2.75) is 45.3 Å². The molecule has 8 nitrogen and oxygen atoms in total. The van der Waals surface area contributed by atoms with Gasteiger partial charge in [-0.3, -0.25) is 4.79 Å². The molecule has 184 valence electrons. The molecule has 1 aliphatic rings. The van der Waals surface area contributed by atoms with E-state index in [9.17, 15) is 9.59 Å². The van der Waals surface area contributed by atoms with Crippen LogP contribution in [0.25, 0.3) is 11.3 Å². The quantitative estimate of drug-likeness (QED) is 0.468. The van der Waals surface area contributed by atoms with Gasteiger partial charge in [-0.05, 0) is 70.0 Å². The Labute approximate surface area is 209 Å². The maximum absolute atomic E-state index is 12.2. The minimum absolute atomic E-state index is 0.0592. The fraction of sp³-hybridized carbons (Fsp3) is 0.346. The molecule has 1 aromatic heterocycles. The number of carbonyl (C=O) groups is 2. The molecule has 9 heteroatoms. The Bertz CT molecular complexity index is 1170. The van der Waals surface area contributed by atoms with Gasteiger partial charge in [-0.15, -0.1) is 0 Å². The van der Waals surface area contributed by atoms with Crippen LogP contribution in [-0.2, 0) is 4.74 Å². The molecule has 1 atom stereocenters. The number of nitrogens with one attached hydrogen (secondary N) is 1. The van der Waals surface area contributed by atoms with Crippen molar-refractivity contribution >= 4 is 28.5 Å². The number of hydrogen-bond donors (Lipinski definition) is 2. The number of nitrogens with two attached hydrogens (primary N) is 1. The molecule has 3 aromatic rings. The van der Waals surface area contributed by atoms with Gasteiger partial charge < -0.3 is 25.4 Å². The van der Waals surface area contributed by atoms with Crippen molar-refractivity contribution < 1.29 is 19.1 Å². The highest BCUT2D eigenvalue weighted by Crippen LogP contribution is 2.36. The Kier molecular flexibility index (Phi) is 7.25. The van der Waals surface area contributed by atoms with E-state index in [4.69, 9.17) is 20.2 Å². The normalized spacial score (nSPS) is 15.6. The fourth-order valence-corrected chi connectivity index (χ4v) is 4.95. The van der Waals surface area contributed by atoms with E-state index in [1.807, 2.05) is 75.4 Å². The number of nitrogens with zero attached hydrogens (tertiary/aromatic N) is 2. The van der Waals surface area contributed by atoms with Crippen molar-refractivity contribution in [3.05, 3.63) is 59.5 Å². The van der Waals surface area contributed by atoms with Gasteiger partial charge in [0.05, 0.1) is 5.69 Å². The summed E-state index contributed by atoms with van der Waals surface area (Å²) < 4.78 is 11.2. The van der Waals surface area contributed by atoms with Crippen LogP contribution in [0, 0.1) is 0 Å². The largest absolute Gasteiger partial charge is 0.457 e. The first-order chi connectivity index (χ1) is 16.7. The maximum atomic E-state index is 12.2. The summed E-state index contributed by atoms with van der Waals surface area (Å²) >= 11 is 1.28. The zero-order chi connectivity index (χ0) is 25.0. The third-order valence-electron chi connectivity index (χ3n) is 5.45. The Hall–Kier alpha value is -3.59. The van der Waals surface area contributed by atoms with Crippen molar-refractivity contribution in [3.8, 4) is 22.8 Å². The van der Waals surface area contributed by atoms with E-state index in [-0.39, 0.29) is 6.04 Å². The number of para-hydroxylation sites is 1. The summed E-state index contributed by atoms with van der Waals surface area (Å²) in [4.78, 5) is 31.7. The number of alkyl carbamates (subject to hydrolysis) is 1. The molecule has 2 heterocycles. The molecule has 0 unspecified atom stereocenters. The summed E-state index contributed by atoms with van der Waals surface area (Å²) in [6.07, 6.45) is 1.43. The number of anilines is 1. The molecule has 0 bridgehead atoms. The molecule has 1 fully saturated rings. The lowest BCUT2D eigenvalue weighted by Crippen LogP contribution is -2.42. The molecule has 2 aromatic carbocycles. The highest BCUT2D eigenvalue weighted by molar-refractivity contribution is 7.18. The Balaban J connectivity index is 1.50. The van der Waals surface area contributed by atoms with Crippen LogP contribution in [0.2, 0.25) is 0 Å². The number of ether oxygens (including phenoxy) is 2. The average molecular weight is 495 g/mol. The van der Waals surface area contributed by atoms with E-state index in [0.717, 1.165) is 30.7 Å². The van der Waals surface area contributed by atoms with Gasteiger partial charge in [0.25, 0.3) is 5.91 Å². The maximum Gasteiger partial charge on any atom is 0.407 e. The van der Waals surface area contributed by atoms with E-state index in [1.54, 1.807) is 0 Å². The lowest BCUT2D eigenvalue weighted by atomic mass is 10.1. The summed E-state index contributed by atoms with van der Waals surface area (Å²) in [7, 11) is 0. The lowest BCUT2D eigenvalue weighted by Gasteiger charge is -2.25. The second-order valence-corrected chi connectivity index (χ2v) is 10.3. The molecule has 0 saturated carbocycles. The van der Waals surface area contributed by atoms with Gasteiger partial charge in [0.2, 0.25) is 0 Å². The molecule has 4 rings (SSSR count). The van der Waals surface area contributed by atoms with Gasteiger partial charge in [0.1, 0.15) is 22.0 Å². The molecule has 35 heavy (non-hydrogen) atoms. The third kappa shape index (κ3) is 6.30. The molecule has 3 N–H and O–H groups in total. The number of thiazole rings is 1. The van der Waals surface area contributed by atoms with Crippen LogP contribution >= 0.6 is 11.3 Å². The van der Waals surface area contributed by atoms with Gasteiger partial charge in [-0.1, -0.05) is 29.5 Å². The SMILES string of the molecule is CC(C)(C)OC(=O)NC[C@@H]1CCCN1c1nc(-c2ccc(Oc3ccccc3)cc2)c(C(N)=O)s1. The number of carbonyl (C=O) groups excluding carboxylic acids is 2. The minimum Gasteiger partial charge on any atom is -0.457 e. The van der Waals surface area contributed by atoms with E-state index in [2.05, 4.69) is 10.2 Å². The summed E-state index contributed by atoms with van der Waals surface area (Å²) in [6.45, 7) is 6.71. The van der Waals surface area contributed by atoms with Crippen LogP contribution in [0.5, 0.6) is 11.5 Å². The van der Waals surface area contributed by atoms with Crippen molar-refractivity contribution in [3.63, 3.8) is 0 Å². The molecule has 0 radical (unpaired) electrons. The van der Waals surface area contributed by atoms with Crippen LogP contribution in [0.3, 0.4) is 0 Å². The Morgan fingerprint density at radius 1 is 1.11 bits per heavy atom. The molecule has 1 saturated heterocycles. The van der Waals surface area contributed by atoms with E-state index < -0.39 is 17.6 Å². The number of aromatic nitrogens is 1. The summed E-state index contributed by atoms with van der Waals surface area (Å²) in [6, 6.07) is 17.0. The van der Waals surface area contributed by atoms with Crippen LogP contribution < -0.4 is 20.7 Å². The molecule has 1 aliphatic heterocycles. The average Bonchev–Trinajstić information content (AvgIpc) is 3.45. The predicted octanol–water partition coefficient (Wildman–Crippen LogP) is 5.19. The van der Waals surface area contributed by atoms with Gasteiger partial charge >= 0.3 is 6.09 Å². The summed E-state index contributed by atoms with van der Waals surface area (Å²) in [5.74, 6) is 0.911. The van der Waals surface area contributed by atoms with Crippen LogP contribution in [-0.4, -0.2) is 41.7 Å². The van der Waals surface area contributed by atoms with Crippen molar-refractivity contribution in [2.75, 3.05) is 18.0 Å². The molecular weight excluding hydrogens is 464 g/mol. The number of primary amides is 1. The van der Waals surface area contributed by atoms with Gasteiger partial charge in [-0.25, -0.2) is 9.78 Å². The predicted molar refractivity (Wildman–Crippen MR) is 137 cm³/mol. The van der Waals surface area contributed by atoms with Gasteiger partial charge in [-0.2, -0.15) is 0 Å². The van der Waals surface area contributed by atoms with Gasteiger partial charge in [0.15, 0.2) is 5.13 Å². The highest BCUT2D eigenvalue weighted by Gasteiger charge is 2.30. The first-order valence-corrected chi connectivity index (χ1v) is 12.4. The fourth-order valence-electron chi connectivity index (χ4n) is 3.91. The zero-order valence-electron chi connectivity index (χ0n) is 20.1. The van der Waals surface area contributed by atoms with Crippen LogP contribution in [0.4, 0.5) is 9.93 Å². The molecule has 0 spiro atoms. The first-order valence-electron chi connectivity index (χ1n) is 11.6. The summed E-state index contributed by atoms with van der Waals surface area (Å²) in [5, 5.41) is 3.57. The van der Waals surface area contributed by atoms with Crippen molar-refractivity contribution in [2.24, 2.45) is 5.73 Å². The highest BCUT2D eigenvalue weighted by atomic mass is 32.1. The first kappa shape index (κ1) is 24.5. The Morgan fingerprint density at radius 3 is 2.46 bits per heavy atom. The third-order valence-corrected chi connectivity index (χ3v) is 6.56. The van der Waals surface area contributed by atoms with E-state index in [1.165, 1.54) is 11.3 Å². The van der Waals surface area contributed by atoms with Crippen LogP contribution in [0.1, 0.15) is 43.3 Å². The second kappa shape index (κ2) is 10.4. The van der Waals surface area contributed by atoms with Crippen molar-refractivity contribution in [1.29, 1.82) is 0 Å². The summed E-state index contributed by atoms with van der Waals surface area (Å²) in [5.41, 5.74) is 6.48. The number of rotatable bonds is 7. The molecule has 2 amide bonds. The second-order valence-electron chi connectivity index (χ2n) is 9.35. The number of benzene rings is 2. The van der Waals surface area contributed by atoms with Gasteiger partial charge in [0, 0.05) is 24.7 Å². The molecular formula is C26H30N4O4S. The molecule has 0 aliphatic carbocycles. The standard InChI is InChI=1S/C26H30N4O4S/c1-26(2,3)34-25(32)28-16-18-8-7-15-30(18)24-29-21(22(35-24)23(27)31)17-11-13-20(14-12-17)33-19-9-5-4-6-10-19/h4-6,9-14,18H,7-8,15-16H2,1-3H3,(H2,27,31)(H,28,32)/t18-/m0/s1. The number of hydrogen-bond acceptors (Lipinski definition) is 7. The number of amides is 2. The van der Waals surface area contributed by atoms with E-state index >= 15 is 0 Å². The minimum atomic E-state index is -0.554. The topological polar surface area (TPSA) is 107 Å². The van der Waals surface area contributed by atoms with E-state index in [0.29, 0.717) is 28.0 Å². The Morgan fingerprint density at radius 2 is 1.80 bits per heavy atom. The zero-order valence-corrected chi connectivity index (χ0v) is 20.9. The lowest BCUT2D eigenvalue weighted by molar-refractivity contribution is 0.0524. The monoisotopic (exact) mass is 494 g/mol.